The van der Waals surface area contributed by atoms with Gasteiger partial charge >= 0.3 is 0 Å². The van der Waals surface area contributed by atoms with Crippen LogP contribution in [0.1, 0.15) is 31.7 Å². The summed E-state index contributed by atoms with van der Waals surface area (Å²) >= 11 is 0. The average Bonchev–Trinajstić information content (AvgIpc) is 3.44. The largest absolute Gasteiger partial charge is 0.477 e. The first kappa shape index (κ1) is 17.2. The van der Waals surface area contributed by atoms with E-state index < -0.39 is 17.3 Å². The molecule has 4 rings (SSSR count). The molecular formula is C18H23FN4O3. The Morgan fingerprint density at radius 2 is 2.31 bits per heavy atom. The molecule has 0 radical (unpaired) electrons. The molecule has 8 heteroatoms. The Hall–Kier alpha value is -2.22. The molecule has 1 amide bonds. The molecule has 3 heterocycles. The summed E-state index contributed by atoms with van der Waals surface area (Å²) in [5.41, 5.74) is -0.862. The van der Waals surface area contributed by atoms with E-state index in [0.29, 0.717) is 24.8 Å². The van der Waals surface area contributed by atoms with E-state index in [1.165, 1.54) is 4.90 Å². The van der Waals surface area contributed by atoms with Gasteiger partial charge in [0.05, 0.1) is 31.4 Å². The highest BCUT2D eigenvalue weighted by molar-refractivity contribution is 6.00. The summed E-state index contributed by atoms with van der Waals surface area (Å²) < 4.78 is 26.2. The summed E-state index contributed by atoms with van der Waals surface area (Å²) in [4.78, 5) is 18.1. The molecule has 3 atom stereocenters. The molecule has 0 aromatic carbocycles. The van der Waals surface area contributed by atoms with Crippen LogP contribution in [0.4, 0.5) is 4.39 Å². The fraction of sp³-hybridized carbons (Fsp3) is 0.611. The molecule has 0 bridgehead atoms. The highest BCUT2D eigenvalue weighted by Crippen LogP contribution is 2.42. The van der Waals surface area contributed by atoms with E-state index in [0.717, 1.165) is 19.0 Å². The first-order valence-electron chi connectivity index (χ1n) is 8.95. The number of rotatable bonds is 4. The zero-order valence-electron chi connectivity index (χ0n) is 14.9. The molecule has 140 valence electrons. The number of ether oxygens (including phenoxy) is 2. The molecule has 1 saturated carbocycles. The number of nitrogens with one attached hydrogen (secondary N) is 2. The first-order valence-corrected chi connectivity index (χ1v) is 8.95. The van der Waals surface area contributed by atoms with Crippen LogP contribution in [0.2, 0.25) is 0 Å². The van der Waals surface area contributed by atoms with E-state index in [2.05, 4.69) is 10.3 Å². The number of halogens is 1. The number of pyridine rings is 1. The monoisotopic (exact) mass is 362 g/mol. The van der Waals surface area contributed by atoms with Gasteiger partial charge in [-0.3, -0.25) is 15.1 Å². The van der Waals surface area contributed by atoms with Crippen molar-refractivity contribution in [3.05, 3.63) is 23.6 Å². The predicted octanol–water partition coefficient (Wildman–Crippen LogP) is 1.63. The van der Waals surface area contributed by atoms with Crippen LogP contribution in [0.5, 0.6) is 5.88 Å². The zero-order valence-corrected chi connectivity index (χ0v) is 14.9. The molecule has 3 aliphatic rings. The second kappa shape index (κ2) is 6.19. The summed E-state index contributed by atoms with van der Waals surface area (Å²) in [6.45, 7) is 2.56. The number of carbonyl (C=O) groups excluding carboxylic acids is 1. The number of fused-ring (bicyclic) bond motifs is 1. The van der Waals surface area contributed by atoms with Gasteiger partial charge in [0, 0.05) is 18.7 Å². The van der Waals surface area contributed by atoms with E-state index in [4.69, 9.17) is 14.9 Å². The Balaban J connectivity index is 1.73. The summed E-state index contributed by atoms with van der Waals surface area (Å²) in [5, 5.41) is 11.1. The summed E-state index contributed by atoms with van der Waals surface area (Å²) in [7, 11) is 1.55. The van der Waals surface area contributed by atoms with Crippen LogP contribution >= 0.6 is 0 Å². The van der Waals surface area contributed by atoms with Crippen LogP contribution in [0, 0.1) is 23.1 Å². The van der Waals surface area contributed by atoms with E-state index in [9.17, 15) is 9.18 Å². The van der Waals surface area contributed by atoms with Crippen LogP contribution in [0.25, 0.3) is 0 Å². The van der Waals surface area contributed by atoms with Crippen molar-refractivity contribution >= 4 is 11.9 Å². The second-order valence-corrected chi connectivity index (χ2v) is 7.51. The van der Waals surface area contributed by atoms with Crippen molar-refractivity contribution in [1.82, 2.24) is 15.2 Å². The lowest BCUT2D eigenvalue weighted by Gasteiger charge is -2.51. The van der Waals surface area contributed by atoms with Crippen LogP contribution in [0.3, 0.4) is 0 Å². The minimum Gasteiger partial charge on any atom is -0.477 e. The van der Waals surface area contributed by atoms with Crippen LogP contribution in [0.15, 0.2) is 12.3 Å². The third kappa shape index (κ3) is 2.82. The molecule has 2 N–H and O–H groups in total. The lowest BCUT2D eigenvalue weighted by atomic mass is 9.72. The van der Waals surface area contributed by atoms with Crippen molar-refractivity contribution < 1.29 is 18.7 Å². The first-order chi connectivity index (χ1) is 12.4. The minimum absolute atomic E-state index is 0.0685. The SMILES string of the molecule is C[C@H]1C[C@H]2C(=O)N(C)C(=N)N[C@@]2(c2cc(OCC3CC3)ncc2F)CO1. The molecule has 26 heavy (non-hydrogen) atoms. The molecule has 0 unspecified atom stereocenters. The van der Waals surface area contributed by atoms with Gasteiger partial charge in [-0.05, 0) is 32.1 Å². The maximum atomic E-state index is 14.8. The van der Waals surface area contributed by atoms with Gasteiger partial charge in [-0.1, -0.05) is 0 Å². The number of hydrogen-bond acceptors (Lipinski definition) is 5. The van der Waals surface area contributed by atoms with Gasteiger partial charge in [0.15, 0.2) is 5.96 Å². The van der Waals surface area contributed by atoms with E-state index in [-0.39, 0.29) is 30.1 Å². The van der Waals surface area contributed by atoms with Gasteiger partial charge in [-0.15, -0.1) is 0 Å². The average molecular weight is 362 g/mol. The summed E-state index contributed by atoms with van der Waals surface area (Å²) in [6.07, 6.45) is 3.74. The molecule has 7 nitrogen and oxygen atoms in total. The van der Waals surface area contributed by atoms with Crippen molar-refractivity contribution in [3.8, 4) is 5.88 Å². The third-order valence-electron chi connectivity index (χ3n) is 5.54. The van der Waals surface area contributed by atoms with Crippen LogP contribution in [-0.4, -0.2) is 48.1 Å². The molecule has 1 aromatic heterocycles. The van der Waals surface area contributed by atoms with Gasteiger partial charge in [0.2, 0.25) is 11.8 Å². The van der Waals surface area contributed by atoms with Gasteiger partial charge < -0.3 is 14.8 Å². The van der Waals surface area contributed by atoms with Crippen molar-refractivity contribution in [2.45, 2.75) is 37.8 Å². The van der Waals surface area contributed by atoms with Crippen LogP contribution in [-0.2, 0) is 15.1 Å². The highest BCUT2D eigenvalue weighted by Gasteiger charge is 2.55. The summed E-state index contributed by atoms with van der Waals surface area (Å²) in [6, 6.07) is 1.54. The lowest BCUT2D eigenvalue weighted by molar-refractivity contribution is -0.148. The number of amides is 1. The molecule has 1 aromatic rings. The summed E-state index contributed by atoms with van der Waals surface area (Å²) in [5.74, 6) is -0.462. The third-order valence-corrected chi connectivity index (χ3v) is 5.54. The Kier molecular flexibility index (Phi) is 4.10. The lowest BCUT2D eigenvalue weighted by Crippen LogP contribution is -2.69. The maximum Gasteiger partial charge on any atom is 0.235 e. The van der Waals surface area contributed by atoms with E-state index >= 15 is 0 Å². The standard InChI is InChI=1S/C18H23FN4O3/c1-10-5-13-16(24)23(2)17(20)22-18(13,9-26-10)12-6-15(21-7-14(12)19)25-8-11-3-4-11/h6-7,10-11,13H,3-5,8-9H2,1-2H3,(H2,20,22)/t10-,13-,18+/m0/s1. The molecule has 1 aliphatic carbocycles. The van der Waals surface area contributed by atoms with Crippen molar-refractivity contribution in [1.29, 1.82) is 5.41 Å². The van der Waals surface area contributed by atoms with Crippen molar-refractivity contribution in [3.63, 3.8) is 0 Å². The molecule has 3 fully saturated rings. The van der Waals surface area contributed by atoms with Crippen LogP contribution < -0.4 is 10.1 Å². The molecular weight excluding hydrogens is 339 g/mol. The van der Waals surface area contributed by atoms with Gasteiger partial charge in [-0.2, -0.15) is 0 Å². The van der Waals surface area contributed by atoms with Crippen molar-refractivity contribution in [2.24, 2.45) is 11.8 Å². The topological polar surface area (TPSA) is 87.5 Å². The number of aromatic nitrogens is 1. The smallest absolute Gasteiger partial charge is 0.235 e. The van der Waals surface area contributed by atoms with Gasteiger partial charge in [-0.25, -0.2) is 9.37 Å². The molecule has 0 spiro atoms. The number of hydrogen-bond donors (Lipinski definition) is 2. The number of guanidine groups is 1. The Morgan fingerprint density at radius 3 is 3.04 bits per heavy atom. The highest BCUT2D eigenvalue weighted by atomic mass is 19.1. The zero-order chi connectivity index (χ0) is 18.5. The molecule has 2 saturated heterocycles. The maximum absolute atomic E-state index is 14.8. The number of nitrogens with zero attached hydrogens (tertiary/aromatic N) is 2. The van der Waals surface area contributed by atoms with Gasteiger partial charge in [0.1, 0.15) is 11.4 Å². The van der Waals surface area contributed by atoms with Crippen molar-refractivity contribution in [2.75, 3.05) is 20.3 Å². The Bertz CT molecular complexity index is 754. The Labute approximate surface area is 151 Å². The number of carbonyl (C=O) groups is 1. The molecule has 2 aliphatic heterocycles. The predicted molar refractivity (Wildman–Crippen MR) is 91.2 cm³/mol. The normalized spacial score (nSPS) is 31.4. The van der Waals surface area contributed by atoms with E-state index in [1.54, 1.807) is 13.1 Å². The quantitative estimate of drug-likeness (QED) is 0.850. The fourth-order valence-corrected chi connectivity index (χ4v) is 3.71. The van der Waals surface area contributed by atoms with Gasteiger partial charge in [0.25, 0.3) is 0 Å². The Morgan fingerprint density at radius 1 is 1.54 bits per heavy atom. The minimum atomic E-state index is -1.13. The second-order valence-electron chi connectivity index (χ2n) is 7.51. The van der Waals surface area contributed by atoms with E-state index in [1.807, 2.05) is 6.92 Å². The fourth-order valence-electron chi connectivity index (χ4n) is 3.71.